The lowest BCUT2D eigenvalue weighted by atomic mass is 10.2. The van der Waals surface area contributed by atoms with E-state index in [0.717, 1.165) is 19.6 Å². The number of carbonyl (C=O) groups is 1. The van der Waals surface area contributed by atoms with Crippen molar-refractivity contribution >= 4 is 23.4 Å². The highest BCUT2D eigenvalue weighted by Gasteiger charge is 2.20. The largest absolute Gasteiger partial charge is 0.464 e. The first-order chi connectivity index (χ1) is 9.11. The Morgan fingerprint density at radius 1 is 1.53 bits per heavy atom. The lowest BCUT2D eigenvalue weighted by Crippen LogP contribution is -2.34. The summed E-state index contributed by atoms with van der Waals surface area (Å²) < 4.78 is 10.1. The van der Waals surface area contributed by atoms with Crippen molar-refractivity contribution in [2.75, 3.05) is 31.8 Å². The van der Waals surface area contributed by atoms with Crippen molar-refractivity contribution in [3.05, 3.63) is 22.8 Å². The van der Waals surface area contributed by atoms with Gasteiger partial charge in [0.25, 0.3) is 0 Å². The topological polar surface area (TPSA) is 51.7 Å². The van der Waals surface area contributed by atoms with Crippen molar-refractivity contribution in [1.29, 1.82) is 0 Å². The lowest BCUT2D eigenvalue weighted by molar-refractivity contribution is 0.0594. The lowest BCUT2D eigenvalue weighted by Gasteiger charge is -2.27. The number of nitrogens with zero attached hydrogens (tertiary/aromatic N) is 2. The maximum atomic E-state index is 11.6. The molecule has 1 aromatic heterocycles. The molecule has 6 heteroatoms. The molecule has 0 aromatic carbocycles. The molecule has 1 fully saturated rings. The molecular weight excluding hydrogens is 268 g/mol. The van der Waals surface area contributed by atoms with Gasteiger partial charge in [0.1, 0.15) is 5.82 Å². The summed E-state index contributed by atoms with van der Waals surface area (Å²) in [6.45, 7) is 4.22. The maximum Gasteiger partial charge on any atom is 0.356 e. The summed E-state index contributed by atoms with van der Waals surface area (Å²) >= 11 is 6.05. The standard InChI is InChI=1S/C13H17ClN2O3/c1-9-3-5-19-6-4-16(9)12-8-10(14)7-11(15-12)13(17)18-2/h7-9H,3-6H2,1-2H3. The first-order valence-corrected chi connectivity index (χ1v) is 6.60. The number of pyridine rings is 1. The molecule has 0 bridgehead atoms. The Balaban J connectivity index is 2.32. The fourth-order valence-corrected chi connectivity index (χ4v) is 2.28. The van der Waals surface area contributed by atoms with Crippen molar-refractivity contribution in [3.63, 3.8) is 0 Å². The van der Waals surface area contributed by atoms with Gasteiger partial charge in [0, 0.05) is 24.2 Å². The zero-order valence-electron chi connectivity index (χ0n) is 11.1. The van der Waals surface area contributed by atoms with Crippen LogP contribution in [0.25, 0.3) is 0 Å². The monoisotopic (exact) mass is 284 g/mol. The Kier molecular flexibility index (Phi) is 4.61. The minimum Gasteiger partial charge on any atom is -0.464 e. The summed E-state index contributed by atoms with van der Waals surface area (Å²) in [5.41, 5.74) is 0.224. The third-order valence-electron chi connectivity index (χ3n) is 3.15. The molecule has 0 spiro atoms. The van der Waals surface area contributed by atoms with Crippen LogP contribution >= 0.6 is 11.6 Å². The van der Waals surface area contributed by atoms with E-state index in [1.165, 1.54) is 13.2 Å². The van der Waals surface area contributed by atoms with Crippen LogP contribution in [0.4, 0.5) is 5.82 Å². The Labute approximate surface area is 117 Å². The SMILES string of the molecule is COC(=O)c1cc(Cl)cc(N2CCOCCC2C)n1. The second-order valence-electron chi connectivity index (χ2n) is 4.46. The highest BCUT2D eigenvalue weighted by molar-refractivity contribution is 6.31. The van der Waals surface area contributed by atoms with E-state index < -0.39 is 5.97 Å². The number of halogens is 1. The van der Waals surface area contributed by atoms with E-state index in [2.05, 4.69) is 21.5 Å². The van der Waals surface area contributed by atoms with E-state index >= 15 is 0 Å². The van der Waals surface area contributed by atoms with Gasteiger partial charge in [-0.05, 0) is 25.5 Å². The van der Waals surface area contributed by atoms with Crippen LogP contribution < -0.4 is 4.90 Å². The van der Waals surface area contributed by atoms with Gasteiger partial charge in [-0.3, -0.25) is 0 Å². The van der Waals surface area contributed by atoms with Crippen molar-refractivity contribution in [1.82, 2.24) is 4.98 Å². The number of carbonyl (C=O) groups excluding carboxylic acids is 1. The van der Waals surface area contributed by atoms with Gasteiger partial charge in [-0.1, -0.05) is 11.6 Å². The smallest absolute Gasteiger partial charge is 0.356 e. The average Bonchev–Trinajstić information content (AvgIpc) is 2.61. The maximum absolute atomic E-state index is 11.6. The van der Waals surface area contributed by atoms with Gasteiger partial charge in [-0.2, -0.15) is 0 Å². The van der Waals surface area contributed by atoms with E-state index in [1.807, 2.05) is 0 Å². The van der Waals surface area contributed by atoms with E-state index in [4.69, 9.17) is 16.3 Å². The predicted octanol–water partition coefficient (Wildman–Crippen LogP) is 2.14. The summed E-state index contributed by atoms with van der Waals surface area (Å²) in [6, 6.07) is 3.56. The molecule has 5 nitrogen and oxygen atoms in total. The third-order valence-corrected chi connectivity index (χ3v) is 3.37. The molecule has 1 aromatic rings. The van der Waals surface area contributed by atoms with Crippen LogP contribution in [-0.4, -0.2) is 43.9 Å². The molecule has 104 valence electrons. The van der Waals surface area contributed by atoms with Gasteiger partial charge >= 0.3 is 5.97 Å². The third kappa shape index (κ3) is 3.36. The Hall–Kier alpha value is -1.33. The molecule has 19 heavy (non-hydrogen) atoms. The van der Waals surface area contributed by atoms with Crippen LogP contribution in [0.1, 0.15) is 23.8 Å². The van der Waals surface area contributed by atoms with Crippen LogP contribution in [0, 0.1) is 0 Å². The summed E-state index contributed by atoms with van der Waals surface area (Å²) in [4.78, 5) is 18.0. The van der Waals surface area contributed by atoms with Gasteiger partial charge in [0.2, 0.25) is 0 Å². The highest BCUT2D eigenvalue weighted by atomic mass is 35.5. The number of aromatic nitrogens is 1. The number of anilines is 1. The van der Waals surface area contributed by atoms with Crippen LogP contribution in [0.2, 0.25) is 5.02 Å². The quantitative estimate of drug-likeness (QED) is 0.779. The number of esters is 1. The molecule has 0 N–H and O–H groups in total. The predicted molar refractivity (Wildman–Crippen MR) is 72.8 cm³/mol. The number of rotatable bonds is 2. The highest BCUT2D eigenvalue weighted by Crippen LogP contribution is 2.23. The van der Waals surface area contributed by atoms with Gasteiger partial charge in [-0.25, -0.2) is 9.78 Å². The average molecular weight is 285 g/mol. The first-order valence-electron chi connectivity index (χ1n) is 6.22. The minimum atomic E-state index is -0.484. The summed E-state index contributed by atoms with van der Waals surface area (Å²) in [7, 11) is 1.33. The fourth-order valence-electron chi connectivity index (χ4n) is 2.08. The molecule has 2 heterocycles. The number of ether oxygens (including phenoxy) is 2. The molecular formula is C13H17ClN2O3. The molecule has 1 aliphatic heterocycles. The molecule has 0 saturated carbocycles. The van der Waals surface area contributed by atoms with Crippen molar-refractivity contribution in [2.45, 2.75) is 19.4 Å². The van der Waals surface area contributed by atoms with E-state index in [1.54, 1.807) is 6.07 Å². The first kappa shape index (κ1) is 14.1. The van der Waals surface area contributed by atoms with E-state index in [9.17, 15) is 4.79 Å². The fraction of sp³-hybridized carbons (Fsp3) is 0.538. The molecule has 0 radical (unpaired) electrons. The summed E-state index contributed by atoms with van der Waals surface area (Å²) in [5, 5.41) is 0.475. The van der Waals surface area contributed by atoms with Gasteiger partial charge in [-0.15, -0.1) is 0 Å². The van der Waals surface area contributed by atoms with Gasteiger partial charge in [0.15, 0.2) is 5.69 Å². The Morgan fingerprint density at radius 2 is 2.32 bits per heavy atom. The minimum absolute atomic E-state index is 0.224. The van der Waals surface area contributed by atoms with Crippen LogP contribution in [0.15, 0.2) is 12.1 Å². The summed E-state index contributed by atoms with van der Waals surface area (Å²) in [5.74, 6) is 0.202. The number of hydrogen-bond acceptors (Lipinski definition) is 5. The zero-order chi connectivity index (χ0) is 13.8. The van der Waals surface area contributed by atoms with Crippen molar-refractivity contribution < 1.29 is 14.3 Å². The second kappa shape index (κ2) is 6.21. The molecule has 1 atom stereocenters. The Morgan fingerprint density at radius 3 is 3.05 bits per heavy atom. The van der Waals surface area contributed by atoms with Crippen LogP contribution in [0.5, 0.6) is 0 Å². The number of methoxy groups -OCH3 is 1. The normalized spacial score (nSPS) is 19.9. The van der Waals surface area contributed by atoms with E-state index in [0.29, 0.717) is 23.5 Å². The molecule has 0 amide bonds. The van der Waals surface area contributed by atoms with Crippen molar-refractivity contribution in [3.8, 4) is 0 Å². The zero-order valence-corrected chi connectivity index (χ0v) is 11.8. The second-order valence-corrected chi connectivity index (χ2v) is 4.90. The number of hydrogen-bond donors (Lipinski definition) is 0. The van der Waals surface area contributed by atoms with Gasteiger partial charge < -0.3 is 14.4 Å². The molecule has 0 aliphatic carbocycles. The summed E-state index contributed by atoms with van der Waals surface area (Å²) in [6.07, 6.45) is 0.918. The van der Waals surface area contributed by atoms with E-state index in [-0.39, 0.29) is 5.69 Å². The molecule has 1 aliphatic rings. The van der Waals surface area contributed by atoms with Gasteiger partial charge in [0.05, 0.1) is 13.7 Å². The molecule has 2 rings (SSSR count). The molecule has 1 saturated heterocycles. The van der Waals surface area contributed by atoms with Crippen molar-refractivity contribution in [2.24, 2.45) is 0 Å². The van der Waals surface area contributed by atoms with Crippen LogP contribution in [-0.2, 0) is 9.47 Å². The molecule has 1 unspecified atom stereocenters. The van der Waals surface area contributed by atoms with Crippen LogP contribution in [0.3, 0.4) is 0 Å². The Bertz CT molecular complexity index is 467.